The third-order valence-corrected chi connectivity index (χ3v) is 9.60. The largest absolute Gasteiger partial charge is 0.381 e. The van der Waals surface area contributed by atoms with E-state index in [2.05, 4.69) is 13.8 Å². The molecule has 1 N–H and O–H groups in total. The SMILES string of the molecule is CC(=O)[C@@]1(O)[C@H](C)C[C@H]2[C@@H]3CCC4CC(=O)C(F)C[C@]4(C)[C@H]3CC[C@@]21C. The Hall–Kier alpha value is -0.770. The fourth-order valence-corrected chi connectivity index (χ4v) is 8.15. The Labute approximate surface area is 156 Å². The Morgan fingerprint density at radius 3 is 2.54 bits per heavy atom. The Bertz CT molecular complexity index is 647. The number of Topliss-reactive ketones (excluding diaryl/α,β-unsaturated/α-hetero) is 2. The molecule has 0 aliphatic heterocycles. The van der Waals surface area contributed by atoms with Crippen LogP contribution in [0.2, 0.25) is 0 Å². The summed E-state index contributed by atoms with van der Waals surface area (Å²) in [5, 5.41) is 11.4. The number of carbonyl (C=O) groups is 2. The zero-order valence-electron chi connectivity index (χ0n) is 16.6. The predicted octanol–water partition coefficient (Wildman–Crippen LogP) is 4.11. The first-order valence-corrected chi connectivity index (χ1v) is 10.5. The van der Waals surface area contributed by atoms with Crippen LogP contribution in [-0.2, 0) is 9.59 Å². The molecule has 0 bridgehead atoms. The lowest BCUT2D eigenvalue weighted by Crippen LogP contribution is -2.60. The predicted molar refractivity (Wildman–Crippen MR) is 97.2 cm³/mol. The highest BCUT2D eigenvalue weighted by atomic mass is 19.1. The number of rotatable bonds is 1. The van der Waals surface area contributed by atoms with Gasteiger partial charge in [0.05, 0.1) is 0 Å². The van der Waals surface area contributed by atoms with Crippen LogP contribution in [0.3, 0.4) is 0 Å². The summed E-state index contributed by atoms with van der Waals surface area (Å²) in [6, 6.07) is 0. The summed E-state index contributed by atoms with van der Waals surface area (Å²) < 4.78 is 14.4. The molecule has 0 heterocycles. The molecule has 4 fully saturated rings. The second-order valence-electron chi connectivity index (χ2n) is 10.4. The average Bonchev–Trinajstić information content (AvgIpc) is 2.78. The zero-order valence-corrected chi connectivity index (χ0v) is 16.6. The average molecular weight is 365 g/mol. The first-order valence-electron chi connectivity index (χ1n) is 10.5. The summed E-state index contributed by atoms with van der Waals surface area (Å²) >= 11 is 0. The topological polar surface area (TPSA) is 54.4 Å². The molecule has 4 heteroatoms. The fraction of sp³-hybridized carbons (Fsp3) is 0.909. The summed E-state index contributed by atoms with van der Waals surface area (Å²) in [7, 11) is 0. The molecule has 2 unspecified atom stereocenters. The second-order valence-corrected chi connectivity index (χ2v) is 10.4. The first-order chi connectivity index (χ1) is 12.1. The monoisotopic (exact) mass is 364 g/mol. The molecule has 0 spiro atoms. The molecule has 3 nitrogen and oxygen atoms in total. The van der Waals surface area contributed by atoms with E-state index in [1.165, 1.54) is 6.92 Å². The van der Waals surface area contributed by atoms with Gasteiger partial charge in [-0.2, -0.15) is 0 Å². The fourth-order valence-electron chi connectivity index (χ4n) is 8.15. The molecule has 9 atom stereocenters. The van der Waals surface area contributed by atoms with Crippen molar-refractivity contribution >= 4 is 11.6 Å². The van der Waals surface area contributed by atoms with Gasteiger partial charge in [0.2, 0.25) is 0 Å². The van der Waals surface area contributed by atoms with Gasteiger partial charge < -0.3 is 5.11 Å². The van der Waals surface area contributed by atoms with E-state index in [0.29, 0.717) is 36.5 Å². The second kappa shape index (κ2) is 5.62. The number of carbonyl (C=O) groups excluding carboxylic acids is 2. The van der Waals surface area contributed by atoms with E-state index in [-0.39, 0.29) is 28.3 Å². The maximum atomic E-state index is 14.4. The van der Waals surface area contributed by atoms with Crippen molar-refractivity contribution in [2.45, 2.75) is 84.4 Å². The molecule has 146 valence electrons. The lowest BCUT2D eigenvalue weighted by molar-refractivity contribution is -0.176. The highest BCUT2D eigenvalue weighted by Crippen LogP contribution is 2.69. The molecule has 0 aromatic carbocycles. The summed E-state index contributed by atoms with van der Waals surface area (Å²) in [6.07, 6.45) is 4.14. The van der Waals surface area contributed by atoms with Crippen LogP contribution in [0.4, 0.5) is 4.39 Å². The Morgan fingerprint density at radius 2 is 1.88 bits per heavy atom. The molecule has 4 rings (SSSR count). The van der Waals surface area contributed by atoms with Crippen molar-refractivity contribution in [1.82, 2.24) is 0 Å². The van der Waals surface area contributed by atoms with Crippen LogP contribution in [-0.4, -0.2) is 28.4 Å². The van der Waals surface area contributed by atoms with Crippen molar-refractivity contribution in [2.75, 3.05) is 0 Å². The lowest BCUT2D eigenvalue weighted by Gasteiger charge is -2.61. The molecule has 0 saturated heterocycles. The quantitative estimate of drug-likeness (QED) is 0.762. The van der Waals surface area contributed by atoms with Crippen molar-refractivity contribution in [3.63, 3.8) is 0 Å². The van der Waals surface area contributed by atoms with Crippen molar-refractivity contribution in [1.29, 1.82) is 0 Å². The maximum absolute atomic E-state index is 14.4. The Balaban J connectivity index is 1.69. The van der Waals surface area contributed by atoms with E-state index < -0.39 is 11.8 Å². The smallest absolute Gasteiger partial charge is 0.167 e. The van der Waals surface area contributed by atoms with Crippen LogP contribution in [0.25, 0.3) is 0 Å². The lowest BCUT2D eigenvalue weighted by atomic mass is 9.44. The minimum atomic E-state index is -1.31. The van der Waals surface area contributed by atoms with E-state index in [1.54, 1.807) is 0 Å². The van der Waals surface area contributed by atoms with Crippen LogP contribution in [0.5, 0.6) is 0 Å². The molecule has 0 aromatic rings. The summed E-state index contributed by atoms with van der Waals surface area (Å²) in [5.41, 5.74) is -1.72. The molecule has 26 heavy (non-hydrogen) atoms. The molecule has 4 saturated carbocycles. The molecule has 4 aliphatic rings. The number of halogens is 1. The zero-order chi connectivity index (χ0) is 19.1. The number of fused-ring (bicyclic) bond motifs is 5. The van der Waals surface area contributed by atoms with Crippen molar-refractivity contribution in [2.24, 2.45) is 40.4 Å². The van der Waals surface area contributed by atoms with E-state index in [0.717, 1.165) is 32.1 Å². The van der Waals surface area contributed by atoms with E-state index in [9.17, 15) is 19.1 Å². The van der Waals surface area contributed by atoms with Crippen molar-refractivity contribution < 1.29 is 19.1 Å². The van der Waals surface area contributed by atoms with Gasteiger partial charge in [-0.3, -0.25) is 9.59 Å². The van der Waals surface area contributed by atoms with E-state index >= 15 is 0 Å². The number of alkyl halides is 1. The third kappa shape index (κ3) is 2.08. The van der Waals surface area contributed by atoms with Gasteiger partial charge in [0.1, 0.15) is 5.60 Å². The summed E-state index contributed by atoms with van der Waals surface area (Å²) in [5.74, 6) is 1.14. The van der Waals surface area contributed by atoms with Crippen LogP contribution in [0.1, 0.15) is 72.6 Å². The highest BCUT2D eigenvalue weighted by molar-refractivity contribution is 5.87. The van der Waals surface area contributed by atoms with E-state index in [4.69, 9.17) is 0 Å². The van der Waals surface area contributed by atoms with Crippen molar-refractivity contribution in [3.8, 4) is 0 Å². The summed E-state index contributed by atoms with van der Waals surface area (Å²) in [6.45, 7) is 7.89. The van der Waals surface area contributed by atoms with Crippen LogP contribution < -0.4 is 0 Å². The minimum Gasteiger partial charge on any atom is -0.381 e. The van der Waals surface area contributed by atoms with Crippen LogP contribution in [0.15, 0.2) is 0 Å². The molecule has 0 aromatic heterocycles. The third-order valence-electron chi connectivity index (χ3n) is 9.60. The van der Waals surface area contributed by atoms with Gasteiger partial charge in [0.15, 0.2) is 17.7 Å². The highest BCUT2D eigenvalue weighted by Gasteiger charge is 2.68. The van der Waals surface area contributed by atoms with Crippen LogP contribution in [0, 0.1) is 40.4 Å². The Morgan fingerprint density at radius 1 is 1.19 bits per heavy atom. The van der Waals surface area contributed by atoms with Crippen molar-refractivity contribution in [3.05, 3.63) is 0 Å². The van der Waals surface area contributed by atoms with Gasteiger partial charge >= 0.3 is 0 Å². The molecule has 4 aliphatic carbocycles. The first kappa shape index (κ1) is 18.6. The minimum absolute atomic E-state index is 0.0267. The van der Waals surface area contributed by atoms with E-state index in [1.807, 2.05) is 6.92 Å². The molecular weight excluding hydrogens is 331 g/mol. The normalized spacial score (nSPS) is 56.5. The van der Waals surface area contributed by atoms with Gasteiger partial charge in [-0.1, -0.05) is 20.8 Å². The Kier molecular flexibility index (Phi) is 4.02. The van der Waals surface area contributed by atoms with Crippen LogP contribution >= 0.6 is 0 Å². The molecule has 0 amide bonds. The molecular formula is C22H33FO3. The number of hydrogen-bond acceptors (Lipinski definition) is 3. The summed E-state index contributed by atoms with van der Waals surface area (Å²) in [4.78, 5) is 24.4. The number of aliphatic hydroxyl groups is 1. The number of ketones is 2. The maximum Gasteiger partial charge on any atom is 0.167 e. The molecule has 0 radical (unpaired) electrons. The number of hydrogen-bond donors (Lipinski definition) is 1. The standard InChI is InChI=1S/C22H33FO3/c1-12-9-17-15-6-5-14-10-19(25)18(23)11-20(14,3)16(15)7-8-21(17,4)22(12,26)13(2)24/h12,14-18,26H,5-11H2,1-4H3/t12-,14?,15-,16+,17+,18?,20+,21+,22+/m1/s1. The van der Waals surface area contributed by atoms with Gasteiger partial charge in [0, 0.05) is 11.8 Å². The van der Waals surface area contributed by atoms with Gasteiger partial charge in [0.25, 0.3) is 0 Å². The van der Waals surface area contributed by atoms with Gasteiger partial charge in [-0.25, -0.2) is 4.39 Å². The van der Waals surface area contributed by atoms with Gasteiger partial charge in [-0.05, 0) is 80.5 Å². The van der Waals surface area contributed by atoms with Gasteiger partial charge in [-0.15, -0.1) is 0 Å².